The maximum Gasteiger partial charge on any atom is 0.238 e. The number of fused-ring (bicyclic) bond motifs is 8. The monoisotopic (exact) mass is 614 g/mol. The Labute approximate surface area is 275 Å². The van der Waals surface area contributed by atoms with E-state index in [0.717, 1.165) is 76.8 Å². The summed E-state index contributed by atoms with van der Waals surface area (Å²) >= 11 is 0. The van der Waals surface area contributed by atoms with E-state index in [1.54, 1.807) is 0 Å². The molecule has 5 nitrogen and oxygen atoms in total. The van der Waals surface area contributed by atoms with E-state index in [-0.39, 0.29) is 0 Å². The van der Waals surface area contributed by atoms with Crippen LogP contribution in [0.2, 0.25) is 0 Å². The van der Waals surface area contributed by atoms with E-state index in [9.17, 15) is 0 Å². The molecular formula is C43H26N4O. The predicted molar refractivity (Wildman–Crippen MR) is 195 cm³/mol. The zero-order chi connectivity index (χ0) is 31.6. The van der Waals surface area contributed by atoms with Crippen molar-refractivity contribution in [3.05, 3.63) is 158 Å². The average Bonchev–Trinajstić information content (AvgIpc) is 3.71. The standard InChI is InChI=1S/C43H26N4O/c1-2-11-27(12-3-1)29-13-10-14-30(25-29)41-44-42(46-43(45-41)47-37-18-7-4-15-32(37)33-16-5-8-19-38(33)47)31-22-21-28-23-24-35-34-17-6-9-20-39(34)48-40(35)36(28)26-31/h1-26H. The van der Waals surface area contributed by atoms with Crippen molar-refractivity contribution in [3.8, 4) is 39.9 Å². The molecule has 0 N–H and O–H groups in total. The lowest BCUT2D eigenvalue weighted by molar-refractivity contribution is 0.672. The van der Waals surface area contributed by atoms with Gasteiger partial charge >= 0.3 is 0 Å². The molecule has 0 bridgehead atoms. The molecule has 10 aromatic rings. The van der Waals surface area contributed by atoms with Gasteiger partial charge in [-0.2, -0.15) is 9.97 Å². The summed E-state index contributed by atoms with van der Waals surface area (Å²) in [6, 6.07) is 54.5. The molecule has 3 aromatic heterocycles. The molecular weight excluding hydrogens is 589 g/mol. The Morgan fingerprint density at radius 2 is 1.00 bits per heavy atom. The van der Waals surface area contributed by atoms with Crippen molar-refractivity contribution in [2.75, 3.05) is 0 Å². The molecule has 7 aromatic carbocycles. The summed E-state index contributed by atoms with van der Waals surface area (Å²) in [5.74, 6) is 1.77. The summed E-state index contributed by atoms with van der Waals surface area (Å²) in [7, 11) is 0. The van der Waals surface area contributed by atoms with E-state index < -0.39 is 0 Å². The first kappa shape index (κ1) is 26.6. The van der Waals surface area contributed by atoms with Crippen LogP contribution in [-0.2, 0) is 0 Å². The third-order valence-electron chi connectivity index (χ3n) is 9.25. The van der Waals surface area contributed by atoms with Crippen LogP contribution in [0.25, 0.3) is 94.4 Å². The van der Waals surface area contributed by atoms with Crippen LogP contribution in [0.5, 0.6) is 0 Å². The number of para-hydroxylation sites is 3. The average molecular weight is 615 g/mol. The highest BCUT2D eigenvalue weighted by molar-refractivity contribution is 6.15. The van der Waals surface area contributed by atoms with Crippen LogP contribution >= 0.6 is 0 Å². The molecule has 10 rings (SSSR count). The second kappa shape index (κ2) is 10.5. The van der Waals surface area contributed by atoms with Crippen LogP contribution in [-0.4, -0.2) is 19.5 Å². The number of hydrogen-bond donors (Lipinski definition) is 0. The van der Waals surface area contributed by atoms with Gasteiger partial charge in [0.1, 0.15) is 11.2 Å². The van der Waals surface area contributed by atoms with Gasteiger partial charge in [0.2, 0.25) is 5.95 Å². The Balaban J connectivity index is 1.24. The van der Waals surface area contributed by atoms with Crippen LogP contribution in [0, 0.1) is 0 Å². The molecule has 5 heteroatoms. The molecule has 224 valence electrons. The second-order valence-electron chi connectivity index (χ2n) is 12.1. The van der Waals surface area contributed by atoms with E-state index in [1.165, 1.54) is 0 Å². The largest absolute Gasteiger partial charge is 0.455 e. The Morgan fingerprint density at radius 1 is 0.396 bits per heavy atom. The molecule has 0 spiro atoms. The first-order valence-corrected chi connectivity index (χ1v) is 16.0. The number of nitrogens with zero attached hydrogens (tertiary/aromatic N) is 4. The molecule has 0 radical (unpaired) electrons. The summed E-state index contributed by atoms with van der Waals surface area (Å²) < 4.78 is 8.58. The lowest BCUT2D eigenvalue weighted by Gasteiger charge is -2.12. The summed E-state index contributed by atoms with van der Waals surface area (Å²) in [4.78, 5) is 15.5. The summed E-state index contributed by atoms with van der Waals surface area (Å²) in [5.41, 5.74) is 7.88. The Hall–Kier alpha value is -6.59. The quantitative estimate of drug-likeness (QED) is 0.198. The van der Waals surface area contributed by atoms with E-state index >= 15 is 0 Å². The first-order valence-electron chi connectivity index (χ1n) is 16.0. The fraction of sp³-hybridized carbons (Fsp3) is 0. The maximum absolute atomic E-state index is 6.43. The van der Waals surface area contributed by atoms with Gasteiger partial charge in [-0.3, -0.25) is 4.57 Å². The van der Waals surface area contributed by atoms with Crippen molar-refractivity contribution in [1.29, 1.82) is 0 Å². The van der Waals surface area contributed by atoms with Crippen molar-refractivity contribution in [2.45, 2.75) is 0 Å². The minimum absolute atomic E-state index is 0.569. The van der Waals surface area contributed by atoms with Crippen molar-refractivity contribution in [1.82, 2.24) is 19.5 Å². The van der Waals surface area contributed by atoms with Crippen molar-refractivity contribution < 1.29 is 4.42 Å². The van der Waals surface area contributed by atoms with E-state index in [1.807, 2.05) is 24.3 Å². The van der Waals surface area contributed by atoms with Gasteiger partial charge in [0.25, 0.3) is 0 Å². The highest BCUT2D eigenvalue weighted by Gasteiger charge is 2.19. The van der Waals surface area contributed by atoms with Crippen LogP contribution in [0.3, 0.4) is 0 Å². The predicted octanol–water partition coefficient (Wildman–Crippen LogP) is 11.0. The zero-order valence-electron chi connectivity index (χ0n) is 25.7. The van der Waals surface area contributed by atoms with Crippen LogP contribution in [0.4, 0.5) is 0 Å². The molecule has 48 heavy (non-hydrogen) atoms. The second-order valence-corrected chi connectivity index (χ2v) is 12.1. The van der Waals surface area contributed by atoms with Gasteiger partial charge in [-0.1, -0.05) is 121 Å². The smallest absolute Gasteiger partial charge is 0.238 e. The van der Waals surface area contributed by atoms with Crippen LogP contribution < -0.4 is 0 Å². The molecule has 0 aliphatic heterocycles. The Kier molecular flexibility index (Phi) is 5.81. The SMILES string of the molecule is c1ccc(-c2cccc(-c3nc(-c4ccc5ccc6c7ccccc7oc6c5c4)nc(-n4c5ccccc5c5ccccc54)n3)c2)cc1. The topological polar surface area (TPSA) is 56.7 Å². The molecule has 0 fully saturated rings. The lowest BCUT2D eigenvalue weighted by Crippen LogP contribution is -2.06. The van der Waals surface area contributed by atoms with Gasteiger partial charge in [-0.25, -0.2) is 4.98 Å². The van der Waals surface area contributed by atoms with Gasteiger partial charge < -0.3 is 4.42 Å². The zero-order valence-corrected chi connectivity index (χ0v) is 25.7. The molecule has 0 saturated carbocycles. The third kappa shape index (κ3) is 4.15. The number of rotatable bonds is 4. The van der Waals surface area contributed by atoms with Gasteiger partial charge in [0.15, 0.2) is 11.6 Å². The van der Waals surface area contributed by atoms with Gasteiger partial charge in [0.05, 0.1) is 11.0 Å². The van der Waals surface area contributed by atoms with Gasteiger partial charge in [-0.15, -0.1) is 0 Å². The molecule has 0 amide bonds. The summed E-state index contributed by atoms with van der Waals surface area (Å²) in [5, 5.41) is 6.62. The van der Waals surface area contributed by atoms with Gasteiger partial charge in [0, 0.05) is 38.1 Å². The third-order valence-corrected chi connectivity index (χ3v) is 9.25. The highest BCUT2D eigenvalue weighted by Crippen LogP contribution is 2.37. The number of furan rings is 1. The van der Waals surface area contributed by atoms with E-state index in [2.05, 4.69) is 138 Å². The van der Waals surface area contributed by atoms with E-state index in [4.69, 9.17) is 19.4 Å². The van der Waals surface area contributed by atoms with Crippen molar-refractivity contribution >= 4 is 54.5 Å². The molecule has 0 saturated heterocycles. The van der Waals surface area contributed by atoms with Crippen LogP contribution in [0.1, 0.15) is 0 Å². The number of aromatic nitrogens is 4. The molecule has 0 aliphatic rings. The Bertz CT molecular complexity index is 2800. The minimum Gasteiger partial charge on any atom is -0.455 e. The minimum atomic E-state index is 0.569. The highest BCUT2D eigenvalue weighted by atomic mass is 16.3. The summed E-state index contributed by atoms with van der Waals surface area (Å²) in [6.45, 7) is 0. The number of benzene rings is 7. The van der Waals surface area contributed by atoms with Crippen LogP contribution in [0.15, 0.2) is 162 Å². The van der Waals surface area contributed by atoms with Crippen molar-refractivity contribution in [3.63, 3.8) is 0 Å². The molecule has 0 atom stereocenters. The van der Waals surface area contributed by atoms with Crippen molar-refractivity contribution in [2.24, 2.45) is 0 Å². The van der Waals surface area contributed by atoms with Gasteiger partial charge in [-0.05, 0) is 52.9 Å². The Morgan fingerprint density at radius 3 is 1.77 bits per heavy atom. The first-order chi connectivity index (χ1) is 23.8. The lowest BCUT2D eigenvalue weighted by atomic mass is 10.0. The maximum atomic E-state index is 6.43. The molecule has 3 heterocycles. The normalized spacial score (nSPS) is 11.8. The fourth-order valence-electron chi connectivity index (χ4n) is 6.97. The molecule has 0 unspecified atom stereocenters. The molecule has 0 aliphatic carbocycles. The van der Waals surface area contributed by atoms with E-state index in [0.29, 0.717) is 17.6 Å². The number of hydrogen-bond acceptors (Lipinski definition) is 4. The fourth-order valence-corrected chi connectivity index (χ4v) is 6.97. The summed E-state index contributed by atoms with van der Waals surface area (Å²) in [6.07, 6.45) is 0.